The molecule has 6 nitrogen and oxygen atoms in total. The molecule has 2 aromatic rings. The minimum atomic E-state index is -0.163. The number of amides is 1. The van der Waals surface area contributed by atoms with E-state index in [0.29, 0.717) is 24.0 Å². The predicted octanol–water partition coefficient (Wildman–Crippen LogP) is 2.45. The highest BCUT2D eigenvalue weighted by atomic mass is 16.2. The molecule has 0 fully saturated rings. The molecule has 1 aromatic heterocycles. The lowest BCUT2D eigenvalue weighted by atomic mass is 9.94. The summed E-state index contributed by atoms with van der Waals surface area (Å²) in [5.41, 5.74) is 1.35. The normalized spacial score (nSPS) is 17.7. The summed E-state index contributed by atoms with van der Waals surface area (Å²) in [4.78, 5) is 12.7. The van der Waals surface area contributed by atoms with Gasteiger partial charge in [0.25, 0.3) is 5.91 Å². The molecule has 1 atom stereocenters. The van der Waals surface area contributed by atoms with E-state index in [0.717, 1.165) is 24.8 Å². The fourth-order valence-corrected chi connectivity index (χ4v) is 2.75. The molecular weight excluding hydrogens is 302 g/mol. The van der Waals surface area contributed by atoms with Crippen LogP contribution in [0.25, 0.3) is 11.8 Å². The first kappa shape index (κ1) is 16.1. The Morgan fingerprint density at radius 3 is 2.83 bits per heavy atom. The molecule has 1 aliphatic carbocycles. The number of rotatable bonds is 5. The van der Waals surface area contributed by atoms with Gasteiger partial charge < -0.3 is 5.32 Å². The Hall–Kier alpha value is -2.76. The smallest absolute Gasteiger partial charge is 0.270 e. The summed E-state index contributed by atoms with van der Waals surface area (Å²) < 4.78 is 1.48. The van der Waals surface area contributed by atoms with Crippen LogP contribution in [0, 0.1) is 12.8 Å². The van der Waals surface area contributed by atoms with E-state index < -0.39 is 0 Å². The maximum atomic E-state index is 12.7. The van der Waals surface area contributed by atoms with Crippen LogP contribution in [-0.2, 0) is 4.79 Å². The summed E-state index contributed by atoms with van der Waals surface area (Å²) in [6.45, 7) is 2.44. The highest BCUT2D eigenvalue weighted by molar-refractivity contribution is 6.18. The van der Waals surface area contributed by atoms with E-state index in [2.05, 4.69) is 33.0 Å². The maximum Gasteiger partial charge on any atom is 0.270 e. The summed E-state index contributed by atoms with van der Waals surface area (Å²) in [6, 6.07) is 9.69. The van der Waals surface area contributed by atoms with Crippen LogP contribution in [0.1, 0.15) is 30.7 Å². The zero-order valence-electron chi connectivity index (χ0n) is 13.7. The molecule has 1 aromatic carbocycles. The van der Waals surface area contributed by atoms with Gasteiger partial charge in [-0.1, -0.05) is 42.5 Å². The van der Waals surface area contributed by atoms with E-state index in [1.807, 2.05) is 30.3 Å². The van der Waals surface area contributed by atoms with Gasteiger partial charge >= 0.3 is 0 Å². The monoisotopic (exact) mass is 323 g/mol. The Morgan fingerprint density at radius 2 is 2.17 bits per heavy atom. The van der Waals surface area contributed by atoms with Crippen LogP contribution in [0.15, 0.2) is 42.5 Å². The molecule has 0 aliphatic heterocycles. The molecule has 0 saturated heterocycles. The second-order valence-electron chi connectivity index (χ2n) is 5.94. The first-order chi connectivity index (χ1) is 11.7. The van der Waals surface area contributed by atoms with Crippen molar-refractivity contribution >= 4 is 17.7 Å². The molecule has 24 heavy (non-hydrogen) atoms. The van der Waals surface area contributed by atoms with Crippen LogP contribution in [0.2, 0.25) is 0 Å². The number of allylic oxidation sites excluding steroid dienone is 2. The Balaban J connectivity index is 1.79. The molecule has 0 spiro atoms. The van der Waals surface area contributed by atoms with Crippen LogP contribution >= 0.6 is 0 Å². The second-order valence-corrected chi connectivity index (χ2v) is 5.94. The average Bonchev–Trinajstić information content (AvgIpc) is 3.05. The highest BCUT2D eigenvalue weighted by Crippen LogP contribution is 2.18. The first-order valence-electron chi connectivity index (χ1n) is 8.19. The summed E-state index contributed by atoms with van der Waals surface area (Å²) >= 11 is 0. The third kappa shape index (κ3) is 3.95. The molecule has 1 N–H and O–H groups in total. The van der Waals surface area contributed by atoms with Crippen LogP contribution < -0.4 is 5.32 Å². The summed E-state index contributed by atoms with van der Waals surface area (Å²) in [5.74, 6) is 0.906. The lowest BCUT2D eigenvalue weighted by Crippen LogP contribution is -2.32. The van der Waals surface area contributed by atoms with Crippen LogP contribution in [0.5, 0.6) is 0 Å². The van der Waals surface area contributed by atoms with Crippen molar-refractivity contribution in [3.05, 3.63) is 53.9 Å². The lowest BCUT2D eigenvalue weighted by Gasteiger charge is -2.18. The number of aromatic nitrogens is 4. The predicted molar refractivity (Wildman–Crippen MR) is 92.7 cm³/mol. The third-order valence-electron chi connectivity index (χ3n) is 4.12. The Morgan fingerprint density at radius 1 is 1.33 bits per heavy atom. The van der Waals surface area contributed by atoms with Crippen molar-refractivity contribution in [1.29, 1.82) is 0 Å². The summed E-state index contributed by atoms with van der Waals surface area (Å²) in [6.07, 6.45) is 9.40. The zero-order valence-corrected chi connectivity index (χ0v) is 13.7. The van der Waals surface area contributed by atoms with Gasteiger partial charge in [-0.2, -0.15) is 4.68 Å². The number of hydrogen-bond acceptors (Lipinski definition) is 4. The number of aryl methyl sites for hydroxylation is 1. The molecule has 3 rings (SSSR count). The van der Waals surface area contributed by atoms with E-state index >= 15 is 0 Å². The van der Waals surface area contributed by atoms with Gasteiger partial charge in [0.05, 0.1) is 0 Å². The molecule has 1 heterocycles. The standard InChI is InChI=1S/C18H21N5O/c1-14-20-21-22-23(14)17(12-15-8-4-2-5-9-15)18(24)19-13-16-10-6-3-7-11-16/h2-6,8-9,12,16H,7,10-11,13H2,1H3,(H,19,24)/b17-12-. The third-order valence-corrected chi connectivity index (χ3v) is 4.12. The fourth-order valence-electron chi connectivity index (χ4n) is 2.75. The maximum absolute atomic E-state index is 12.7. The van der Waals surface area contributed by atoms with Gasteiger partial charge in [-0.25, -0.2) is 0 Å². The molecule has 1 amide bonds. The van der Waals surface area contributed by atoms with Crippen LogP contribution in [0.3, 0.4) is 0 Å². The first-order valence-corrected chi connectivity index (χ1v) is 8.19. The largest absolute Gasteiger partial charge is 0.350 e. The number of nitrogens with one attached hydrogen (secondary N) is 1. The van der Waals surface area contributed by atoms with Crippen molar-refractivity contribution in [1.82, 2.24) is 25.5 Å². The zero-order chi connectivity index (χ0) is 16.8. The molecule has 1 unspecified atom stereocenters. The van der Waals surface area contributed by atoms with Crippen molar-refractivity contribution in [2.75, 3.05) is 6.54 Å². The molecule has 0 saturated carbocycles. The number of hydrogen-bond donors (Lipinski definition) is 1. The van der Waals surface area contributed by atoms with Crippen LogP contribution in [0.4, 0.5) is 0 Å². The highest BCUT2D eigenvalue weighted by Gasteiger charge is 2.18. The van der Waals surface area contributed by atoms with Gasteiger partial charge in [0.1, 0.15) is 5.70 Å². The number of nitrogens with zero attached hydrogens (tertiary/aromatic N) is 4. The molecule has 124 valence electrons. The lowest BCUT2D eigenvalue weighted by molar-refractivity contribution is -0.116. The van der Waals surface area contributed by atoms with Crippen molar-refractivity contribution in [3.8, 4) is 0 Å². The van der Waals surface area contributed by atoms with E-state index in [9.17, 15) is 4.79 Å². The van der Waals surface area contributed by atoms with Crippen molar-refractivity contribution in [2.45, 2.75) is 26.2 Å². The molecule has 6 heteroatoms. The minimum Gasteiger partial charge on any atom is -0.350 e. The minimum absolute atomic E-state index is 0.163. The van der Waals surface area contributed by atoms with Gasteiger partial charge in [-0.05, 0) is 54.2 Å². The number of tetrazole rings is 1. The van der Waals surface area contributed by atoms with Gasteiger partial charge in [-0.15, -0.1) is 5.10 Å². The SMILES string of the molecule is Cc1nnnn1/C(=C\c1ccccc1)C(=O)NCC1CC=CCC1. The van der Waals surface area contributed by atoms with Gasteiger partial charge in [-0.3, -0.25) is 4.79 Å². The fraction of sp³-hybridized carbons (Fsp3) is 0.333. The van der Waals surface area contributed by atoms with E-state index in [4.69, 9.17) is 0 Å². The summed E-state index contributed by atoms with van der Waals surface area (Å²) in [7, 11) is 0. The number of carbonyl (C=O) groups is 1. The van der Waals surface area contributed by atoms with Gasteiger partial charge in [0.2, 0.25) is 0 Å². The second kappa shape index (κ2) is 7.68. The quantitative estimate of drug-likeness (QED) is 0.677. The molecular formula is C18H21N5O. The topological polar surface area (TPSA) is 72.7 Å². The van der Waals surface area contributed by atoms with Gasteiger partial charge in [0, 0.05) is 6.54 Å². The average molecular weight is 323 g/mol. The Labute approximate surface area is 141 Å². The molecule has 1 aliphatic rings. The Kier molecular flexibility index (Phi) is 5.15. The summed E-state index contributed by atoms with van der Waals surface area (Å²) in [5, 5.41) is 14.5. The van der Waals surface area contributed by atoms with Crippen molar-refractivity contribution in [3.63, 3.8) is 0 Å². The van der Waals surface area contributed by atoms with Crippen molar-refractivity contribution in [2.24, 2.45) is 5.92 Å². The van der Waals surface area contributed by atoms with E-state index in [1.165, 1.54) is 4.68 Å². The Bertz CT molecular complexity index is 748. The van der Waals surface area contributed by atoms with Crippen LogP contribution in [-0.4, -0.2) is 32.7 Å². The van der Waals surface area contributed by atoms with Gasteiger partial charge in [0.15, 0.2) is 5.82 Å². The number of carbonyl (C=O) groups excluding carboxylic acids is 1. The number of benzene rings is 1. The molecule has 0 bridgehead atoms. The van der Waals surface area contributed by atoms with E-state index in [-0.39, 0.29) is 5.91 Å². The van der Waals surface area contributed by atoms with Crippen molar-refractivity contribution < 1.29 is 4.79 Å². The van der Waals surface area contributed by atoms with E-state index in [1.54, 1.807) is 13.0 Å². The molecule has 0 radical (unpaired) electrons.